The summed E-state index contributed by atoms with van der Waals surface area (Å²) in [6.45, 7) is 2.34. The lowest BCUT2D eigenvalue weighted by Crippen LogP contribution is -2.44. The summed E-state index contributed by atoms with van der Waals surface area (Å²) in [7, 11) is -3.69. The molecule has 106 valence electrons. The Kier molecular flexibility index (Phi) is 4.57. The lowest BCUT2D eigenvalue weighted by atomic mass is 10.3. The van der Waals surface area contributed by atoms with E-state index in [1.807, 2.05) is 6.92 Å². The van der Waals surface area contributed by atoms with Crippen molar-refractivity contribution in [3.8, 4) is 0 Å². The van der Waals surface area contributed by atoms with Gasteiger partial charge >= 0.3 is 0 Å². The van der Waals surface area contributed by atoms with Crippen LogP contribution in [0.15, 0.2) is 17.0 Å². The van der Waals surface area contributed by atoms with Gasteiger partial charge in [0.15, 0.2) is 0 Å². The average Bonchev–Trinajstić information content (AvgIpc) is 2.27. The maximum Gasteiger partial charge on any atom is 0.246 e. The minimum absolute atomic E-state index is 0.0521. The first-order valence-corrected chi connectivity index (χ1v) is 9.03. The van der Waals surface area contributed by atoms with Crippen LogP contribution in [0, 0.1) is 0 Å². The molecule has 1 saturated heterocycles. The second-order valence-electron chi connectivity index (χ2n) is 4.35. The fourth-order valence-corrected chi connectivity index (χ4v) is 6.05. The van der Waals surface area contributed by atoms with Gasteiger partial charge in [-0.05, 0) is 19.1 Å². The van der Waals surface area contributed by atoms with E-state index in [9.17, 15) is 8.42 Å². The molecule has 4 nitrogen and oxygen atoms in total. The molecule has 0 bridgehead atoms. The van der Waals surface area contributed by atoms with Gasteiger partial charge in [-0.1, -0.05) is 23.2 Å². The van der Waals surface area contributed by atoms with Gasteiger partial charge in [0.2, 0.25) is 10.0 Å². The lowest BCUT2D eigenvalue weighted by Gasteiger charge is -2.32. The Morgan fingerprint density at radius 3 is 2.47 bits per heavy atom. The largest absolute Gasteiger partial charge is 0.399 e. The second kappa shape index (κ2) is 5.69. The molecule has 1 fully saturated rings. The summed E-state index contributed by atoms with van der Waals surface area (Å²) in [6, 6.07) is 2.74. The molecule has 0 aromatic heterocycles. The first kappa shape index (κ1) is 15.3. The third kappa shape index (κ3) is 2.97. The monoisotopic (exact) mass is 340 g/mol. The van der Waals surface area contributed by atoms with E-state index in [1.165, 1.54) is 16.4 Å². The molecule has 0 spiro atoms. The molecular formula is C11H14Cl2N2O2S2. The van der Waals surface area contributed by atoms with Crippen molar-refractivity contribution >= 4 is 50.7 Å². The predicted octanol–water partition coefficient (Wildman–Crippen LogP) is 2.70. The number of halogens is 2. The quantitative estimate of drug-likeness (QED) is 0.840. The van der Waals surface area contributed by atoms with Gasteiger partial charge < -0.3 is 5.73 Å². The number of sulfonamides is 1. The Bertz CT molecular complexity index is 569. The average molecular weight is 341 g/mol. The number of benzene rings is 1. The zero-order valence-electron chi connectivity index (χ0n) is 10.3. The molecule has 1 aliphatic heterocycles. The summed E-state index contributed by atoms with van der Waals surface area (Å²) in [6.07, 6.45) is 0. The van der Waals surface area contributed by atoms with E-state index in [-0.39, 0.29) is 21.0 Å². The molecular weight excluding hydrogens is 327 g/mol. The SMILES string of the molecule is CC1CSCCN1S(=O)(=O)c1c(Cl)cc(N)cc1Cl. The Labute approximate surface area is 127 Å². The van der Waals surface area contributed by atoms with Crippen molar-refractivity contribution in [2.75, 3.05) is 23.8 Å². The Hall–Kier alpha value is -0.140. The van der Waals surface area contributed by atoms with Crippen LogP contribution in [0.2, 0.25) is 10.0 Å². The zero-order valence-corrected chi connectivity index (χ0v) is 13.4. The second-order valence-corrected chi connectivity index (χ2v) is 8.14. The molecule has 0 aliphatic carbocycles. The lowest BCUT2D eigenvalue weighted by molar-refractivity contribution is 0.367. The summed E-state index contributed by atoms with van der Waals surface area (Å²) >= 11 is 13.8. The number of hydrogen-bond donors (Lipinski definition) is 1. The van der Waals surface area contributed by atoms with Gasteiger partial charge in [-0.15, -0.1) is 0 Å². The van der Waals surface area contributed by atoms with Gasteiger partial charge in [-0.2, -0.15) is 16.1 Å². The molecule has 1 aliphatic rings. The fraction of sp³-hybridized carbons (Fsp3) is 0.455. The first-order chi connectivity index (χ1) is 8.84. The van der Waals surface area contributed by atoms with Gasteiger partial charge in [0.1, 0.15) is 4.90 Å². The van der Waals surface area contributed by atoms with Crippen LogP contribution in [-0.2, 0) is 10.0 Å². The van der Waals surface area contributed by atoms with Gasteiger partial charge in [-0.3, -0.25) is 0 Å². The minimum atomic E-state index is -3.69. The normalized spacial score (nSPS) is 21.5. The van der Waals surface area contributed by atoms with E-state index in [0.717, 1.165) is 11.5 Å². The summed E-state index contributed by atoms with van der Waals surface area (Å²) in [5.74, 6) is 1.54. The highest BCUT2D eigenvalue weighted by Gasteiger charge is 2.34. The van der Waals surface area contributed by atoms with Crippen LogP contribution in [0.25, 0.3) is 0 Å². The highest BCUT2D eigenvalue weighted by Crippen LogP contribution is 2.35. The fourth-order valence-electron chi connectivity index (χ4n) is 2.01. The molecule has 2 N–H and O–H groups in total. The summed E-state index contributed by atoms with van der Waals surface area (Å²) < 4.78 is 26.8. The van der Waals surface area contributed by atoms with E-state index in [1.54, 1.807) is 11.8 Å². The molecule has 19 heavy (non-hydrogen) atoms. The number of hydrogen-bond acceptors (Lipinski definition) is 4. The van der Waals surface area contributed by atoms with Crippen molar-refractivity contribution in [3.05, 3.63) is 22.2 Å². The van der Waals surface area contributed by atoms with Crippen molar-refractivity contribution < 1.29 is 8.42 Å². The van der Waals surface area contributed by atoms with E-state index < -0.39 is 10.0 Å². The van der Waals surface area contributed by atoms with Crippen molar-refractivity contribution in [2.45, 2.75) is 17.9 Å². The molecule has 1 aromatic carbocycles. The molecule has 0 amide bonds. The van der Waals surface area contributed by atoms with Crippen LogP contribution >= 0.6 is 35.0 Å². The van der Waals surface area contributed by atoms with Crippen LogP contribution in [-0.4, -0.2) is 36.8 Å². The maximum absolute atomic E-state index is 12.7. The van der Waals surface area contributed by atoms with Crippen LogP contribution in [0.3, 0.4) is 0 Å². The Morgan fingerprint density at radius 1 is 1.37 bits per heavy atom. The van der Waals surface area contributed by atoms with E-state index in [2.05, 4.69) is 0 Å². The summed E-state index contributed by atoms with van der Waals surface area (Å²) in [4.78, 5) is -0.0521. The van der Waals surface area contributed by atoms with Gasteiger partial charge in [-0.25, -0.2) is 8.42 Å². The molecule has 2 rings (SSSR count). The molecule has 1 atom stereocenters. The van der Waals surface area contributed by atoms with E-state index in [0.29, 0.717) is 12.2 Å². The molecule has 1 heterocycles. The maximum atomic E-state index is 12.7. The molecule has 0 radical (unpaired) electrons. The summed E-state index contributed by atoms with van der Waals surface area (Å²) in [5.41, 5.74) is 5.94. The standard InChI is InChI=1S/C11H14Cl2N2O2S2/c1-7-6-18-3-2-15(7)19(16,17)11-9(12)4-8(14)5-10(11)13/h4-5,7H,2-3,6,14H2,1H3. The minimum Gasteiger partial charge on any atom is -0.399 e. The zero-order chi connectivity index (χ0) is 14.2. The predicted molar refractivity (Wildman–Crippen MR) is 81.6 cm³/mol. The summed E-state index contributed by atoms with van der Waals surface area (Å²) in [5, 5.41) is 0.130. The van der Waals surface area contributed by atoms with Crippen molar-refractivity contribution in [1.29, 1.82) is 0 Å². The highest BCUT2D eigenvalue weighted by molar-refractivity contribution is 7.99. The topological polar surface area (TPSA) is 63.4 Å². The van der Waals surface area contributed by atoms with Crippen LogP contribution in [0.5, 0.6) is 0 Å². The number of nitrogens with zero attached hydrogens (tertiary/aromatic N) is 1. The third-order valence-corrected chi connectivity index (χ3v) is 7.02. The van der Waals surface area contributed by atoms with Crippen LogP contribution in [0.1, 0.15) is 6.92 Å². The number of nitrogens with two attached hydrogens (primary N) is 1. The van der Waals surface area contributed by atoms with Gasteiger partial charge in [0.05, 0.1) is 10.0 Å². The van der Waals surface area contributed by atoms with Gasteiger partial charge in [0.25, 0.3) is 0 Å². The van der Waals surface area contributed by atoms with Gasteiger partial charge in [0, 0.05) is 29.8 Å². The van der Waals surface area contributed by atoms with Crippen molar-refractivity contribution in [2.24, 2.45) is 0 Å². The number of thioether (sulfide) groups is 1. The van der Waals surface area contributed by atoms with Crippen LogP contribution in [0.4, 0.5) is 5.69 Å². The molecule has 1 aromatic rings. The molecule has 8 heteroatoms. The molecule has 0 saturated carbocycles. The van der Waals surface area contributed by atoms with E-state index >= 15 is 0 Å². The highest BCUT2D eigenvalue weighted by atomic mass is 35.5. The Balaban J connectivity index is 2.50. The first-order valence-electron chi connectivity index (χ1n) is 5.68. The number of anilines is 1. The smallest absolute Gasteiger partial charge is 0.246 e. The van der Waals surface area contributed by atoms with Crippen LogP contribution < -0.4 is 5.73 Å². The Morgan fingerprint density at radius 2 is 1.95 bits per heavy atom. The van der Waals surface area contributed by atoms with Crippen molar-refractivity contribution in [3.63, 3.8) is 0 Å². The molecule has 1 unspecified atom stereocenters. The van der Waals surface area contributed by atoms with Crippen molar-refractivity contribution in [1.82, 2.24) is 4.31 Å². The van der Waals surface area contributed by atoms with E-state index in [4.69, 9.17) is 28.9 Å². The number of rotatable bonds is 2. The number of nitrogen functional groups attached to an aromatic ring is 1. The third-order valence-electron chi connectivity index (χ3n) is 2.89.